The maximum Gasteiger partial charge on any atom is 0.0690 e. The highest BCUT2D eigenvalue weighted by atomic mass is 15.3. The summed E-state index contributed by atoms with van der Waals surface area (Å²) in [5.41, 5.74) is 5.92. The molecule has 2 aromatic heterocycles. The molecule has 0 radical (unpaired) electrons. The van der Waals surface area contributed by atoms with E-state index >= 15 is 0 Å². The molecule has 0 aliphatic heterocycles. The lowest BCUT2D eigenvalue weighted by atomic mass is 10.1. The molecule has 0 saturated heterocycles. The van der Waals surface area contributed by atoms with Crippen molar-refractivity contribution in [3.05, 3.63) is 65.2 Å². The zero-order chi connectivity index (χ0) is 15.5. The largest absolute Gasteiger partial charge is 0.308 e. The molecule has 0 spiro atoms. The van der Waals surface area contributed by atoms with Gasteiger partial charge in [-0.2, -0.15) is 10.2 Å². The normalized spacial score (nSPS) is 11.0. The van der Waals surface area contributed by atoms with Gasteiger partial charge >= 0.3 is 0 Å². The first-order chi connectivity index (χ1) is 10.7. The predicted molar refractivity (Wildman–Crippen MR) is 86.8 cm³/mol. The van der Waals surface area contributed by atoms with Gasteiger partial charge in [0.1, 0.15) is 0 Å². The SMILES string of the molecule is Cc1nn(C)c(C)c1CNCc1ccccc1-n1cccn1. The molecule has 0 amide bonds. The molecular weight excluding hydrogens is 274 g/mol. The minimum atomic E-state index is 0.795. The van der Waals surface area contributed by atoms with E-state index in [0.29, 0.717) is 0 Å². The van der Waals surface area contributed by atoms with Crippen LogP contribution in [0, 0.1) is 13.8 Å². The summed E-state index contributed by atoms with van der Waals surface area (Å²) < 4.78 is 3.83. The summed E-state index contributed by atoms with van der Waals surface area (Å²) in [6.07, 6.45) is 3.76. The minimum Gasteiger partial charge on any atom is -0.308 e. The van der Waals surface area contributed by atoms with Gasteiger partial charge in [-0.15, -0.1) is 0 Å². The highest BCUT2D eigenvalue weighted by Gasteiger charge is 2.09. The average molecular weight is 295 g/mol. The summed E-state index contributed by atoms with van der Waals surface area (Å²) in [6.45, 7) is 5.78. The summed E-state index contributed by atoms with van der Waals surface area (Å²) in [5, 5.41) is 12.3. The van der Waals surface area contributed by atoms with Crippen molar-refractivity contribution in [3.63, 3.8) is 0 Å². The Bertz CT molecular complexity index is 755. The summed E-state index contributed by atoms with van der Waals surface area (Å²) in [6, 6.07) is 10.3. The van der Waals surface area contributed by atoms with E-state index in [0.717, 1.165) is 24.5 Å². The monoisotopic (exact) mass is 295 g/mol. The zero-order valence-electron chi connectivity index (χ0n) is 13.2. The highest BCUT2D eigenvalue weighted by Crippen LogP contribution is 2.15. The topological polar surface area (TPSA) is 47.7 Å². The molecule has 5 heteroatoms. The van der Waals surface area contributed by atoms with E-state index in [9.17, 15) is 0 Å². The summed E-state index contributed by atoms with van der Waals surface area (Å²) in [5.74, 6) is 0. The van der Waals surface area contributed by atoms with E-state index in [1.54, 1.807) is 6.20 Å². The van der Waals surface area contributed by atoms with Crippen molar-refractivity contribution in [3.8, 4) is 5.69 Å². The Morgan fingerprint density at radius 3 is 2.59 bits per heavy atom. The molecule has 0 bridgehead atoms. The van der Waals surface area contributed by atoms with E-state index in [4.69, 9.17) is 0 Å². The molecule has 0 unspecified atom stereocenters. The fourth-order valence-corrected chi connectivity index (χ4v) is 2.69. The van der Waals surface area contributed by atoms with Gasteiger partial charge < -0.3 is 5.32 Å². The number of rotatable bonds is 5. The Hall–Kier alpha value is -2.40. The van der Waals surface area contributed by atoms with E-state index in [2.05, 4.69) is 47.6 Å². The number of nitrogens with zero attached hydrogens (tertiary/aromatic N) is 4. The van der Waals surface area contributed by atoms with Crippen molar-refractivity contribution >= 4 is 0 Å². The third-order valence-corrected chi connectivity index (χ3v) is 4.02. The number of aromatic nitrogens is 4. The van der Waals surface area contributed by atoms with Crippen LogP contribution in [0.5, 0.6) is 0 Å². The molecular formula is C17H21N5. The fraction of sp³-hybridized carbons (Fsp3) is 0.294. The first-order valence-corrected chi connectivity index (χ1v) is 7.44. The van der Waals surface area contributed by atoms with Crippen molar-refractivity contribution in [1.29, 1.82) is 0 Å². The molecule has 0 atom stereocenters. The maximum atomic E-state index is 4.46. The van der Waals surface area contributed by atoms with Crippen LogP contribution < -0.4 is 5.32 Å². The molecule has 1 aromatic carbocycles. The third-order valence-electron chi connectivity index (χ3n) is 4.02. The van der Waals surface area contributed by atoms with Crippen LogP contribution >= 0.6 is 0 Å². The van der Waals surface area contributed by atoms with Crippen molar-refractivity contribution in [2.24, 2.45) is 7.05 Å². The lowest BCUT2D eigenvalue weighted by Crippen LogP contribution is -2.15. The summed E-state index contributed by atoms with van der Waals surface area (Å²) >= 11 is 0. The quantitative estimate of drug-likeness (QED) is 0.787. The smallest absolute Gasteiger partial charge is 0.0690 e. The third kappa shape index (κ3) is 2.80. The first-order valence-electron chi connectivity index (χ1n) is 7.44. The molecule has 22 heavy (non-hydrogen) atoms. The van der Waals surface area contributed by atoms with Gasteiger partial charge in [0.05, 0.1) is 11.4 Å². The van der Waals surface area contributed by atoms with Gasteiger partial charge in [0.2, 0.25) is 0 Å². The van der Waals surface area contributed by atoms with E-state index in [1.807, 2.05) is 34.7 Å². The Labute approximate surface area is 130 Å². The van der Waals surface area contributed by atoms with Gasteiger partial charge in [0.15, 0.2) is 0 Å². The molecule has 5 nitrogen and oxygen atoms in total. The number of benzene rings is 1. The van der Waals surface area contributed by atoms with Crippen LogP contribution in [0.3, 0.4) is 0 Å². The zero-order valence-corrected chi connectivity index (χ0v) is 13.2. The Morgan fingerprint density at radius 2 is 1.91 bits per heavy atom. The van der Waals surface area contributed by atoms with Gasteiger partial charge in [0.25, 0.3) is 0 Å². The Morgan fingerprint density at radius 1 is 1.09 bits per heavy atom. The van der Waals surface area contributed by atoms with Crippen molar-refractivity contribution in [1.82, 2.24) is 24.9 Å². The van der Waals surface area contributed by atoms with Crippen LogP contribution in [0.1, 0.15) is 22.5 Å². The first kappa shape index (κ1) is 14.5. The van der Waals surface area contributed by atoms with Gasteiger partial charge in [-0.3, -0.25) is 4.68 Å². The van der Waals surface area contributed by atoms with Crippen molar-refractivity contribution in [2.45, 2.75) is 26.9 Å². The summed E-state index contributed by atoms with van der Waals surface area (Å²) in [4.78, 5) is 0. The van der Waals surface area contributed by atoms with Gasteiger partial charge in [-0.1, -0.05) is 18.2 Å². The number of para-hydroxylation sites is 1. The van der Waals surface area contributed by atoms with Crippen molar-refractivity contribution in [2.75, 3.05) is 0 Å². The lowest BCUT2D eigenvalue weighted by Gasteiger charge is -2.11. The number of hydrogen-bond acceptors (Lipinski definition) is 3. The standard InChI is InChI=1S/C17H21N5/c1-13-16(14(2)21(3)20-13)12-18-11-15-7-4-5-8-17(15)22-10-6-9-19-22/h4-10,18H,11-12H2,1-3H3. The molecule has 3 aromatic rings. The van der Waals surface area contributed by atoms with E-state index in [-0.39, 0.29) is 0 Å². The van der Waals surface area contributed by atoms with E-state index in [1.165, 1.54) is 16.8 Å². The highest BCUT2D eigenvalue weighted by molar-refractivity contribution is 5.40. The van der Waals surface area contributed by atoms with Crippen LogP contribution in [0.4, 0.5) is 0 Å². The average Bonchev–Trinajstić information content (AvgIpc) is 3.12. The number of hydrogen-bond donors (Lipinski definition) is 1. The second kappa shape index (κ2) is 6.15. The Kier molecular flexibility index (Phi) is 4.06. The van der Waals surface area contributed by atoms with Gasteiger partial charge in [-0.25, -0.2) is 4.68 Å². The molecule has 0 saturated carbocycles. The summed E-state index contributed by atoms with van der Waals surface area (Å²) in [7, 11) is 1.98. The van der Waals surface area contributed by atoms with Crippen LogP contribution in [0.25, 0.3) is 5.69 Å². The molecule has 1 N–H and O–H groups in total. The molecule has 114 valence electrons. The molecule has 2 heterocycles. The van der Waals surface area contributed by atoms with Crippen molar-refractivity contribution < 1.29 is 0 Å². The number of nitrogens with one attached hydrogen (secondary N) is 1. The van der Waals surface area contributed by atoms with Gasteiger partial charge in [-0.05, 0) is 31.5 Å². The molecule has 3 rings (SSSR count). The van der Waals surface area contributed by atoms with Crippen LogP contribution in [-0.4, -0.2) is 19.6 Å². The van der Waals surface area contributed by atoms with Crippen LogP contribution in [-0.2, 0) is 20.1 Å². The second-order valence-electron chi connectivity index (χ2n) is 5.46. The van der Waals surface area contributed by atoms with Crippen LogP contribution in [0.2, 0.25) is 0 Å². The second-order valence-corrected chi connectivity index (χ2v) is 5.46. The molecule has 0 aliphatic carbocycles. The molecule has 0 aliphatic rings. The predicted octanol–water partition coefficient (Wildman–Crippen LogP) is 2.51. The Balaban J connectivity index is 1.72. The fourth-order valence-electron chi connectivity index (χ4n) is 2.69. The lowest BCUT2D eigenvalue weighted by molar-refractivity contribution is 0.678. The van der Waals surface area contributed by atoms with E-state index < -0.39 is 0 Å². The van der Waals surface area contributed by atoms with Gasteiger partial charge in [0, 0.05) is 43.8 Å². The number of aryl methyl sites for hydroxylation is 2. The van der Waals surface area contributed by atoms with Crippen LogP contribution in [0.15, 0.2) is 42.7 Å². The minimum absolute atomic E-state index is 0.795. The molecule has 0 fully saturated rings. The maximum absolute atomic E-state index is 4.46.